The summed E-state index contributed by atoms with van der Waals surface area (Å²) in [7, 11) is 1.63. The predicted molar refractivity (Wildman–Crippen MR) is 109 cm³/mol. The van der Waals surface area contributed by atoms with Gasteiger partial charge in [-0.05, 0) is 40.1 Å². The molecule has 0 aromatic heterocycles. The van der Waals surface area contributed by atoms with E-state index in [4.69, 9.17) is 24.7 Å². The highest BCUT2D eigenvalue weighted by Gasteiger charge is 2.41. The lowest BCUT2D eigenvalue weighted by Crippen LogP contribution is -2.21. The molecule has 3 atom stereocenters. The third kappa shape index (κ3) is 4.50. The van der Waals surface area contributed by atoms with E-state index in [0.29, 0.717) is 0 Å². The molecular formula is C23H23NO5. The van der Waals surface area contributed by atoms with Gasteiger partial charge in [0.2, 0.25) is 0 Å². The van der Waals surface area contributed by atoms with Crippen molar-refractivity contribution in [1.82, 2.24) is 0 Å². The number of carbonyl (C=O) groups is 1. The highest BCUT2D eigenvalue weighted by molar-refractivity contribution is 5.84. The summed E-state index contributed by atoms with van der Waals surface area (Å²) in [5.74, 6) is 0.788. The Labute approximate surface area is 169 Å². The van der Waals surface area contributed by atoms with Crippen LogP contribution in [0.4, 0.5) is 4.79 Å². The molecule has 1 aliphatic rings. The van der Waals surface area contributed by atoms with Gasteiger partial charge in [-0.25, -0.2) is 4.79 Å². The lowest BCUT2D eigenvalue weighted by molar-refractivity contribution is 0.0220. The number of carbonyl (C=O) groups excluding carboxylic acids is 1. The van der Waals surface area contributed by atoms with Crippen molar-refractivity contribution in [2.45, 2.75) is 18.3 Å². The first-order chi connectivity index (χ1) is 14.2. The molecule has 0 saturated carbocycles. The van der Waals surface area contributed by atoms with Crippen LogP contribution in [0.1, 0.15) is 23.3 Å². The molecule has 2 N–H and O–H groups in total. The highest BCUT2D eigenvalue weighted by atomic mass is 16.7. The number of epoxide rings is 1. The Morgan fingerprint density at radius 1 is 1.07 bits per heavy atom. The zero-order valence-electron chi connectivity index (χ0n) is 16.1. The van der Waals surface area contributed by atoms with Gasteiger partial charge >= 0.3 is 6.16 Å². The zero-order chi connectivity index (χ0) is 20.2. The molecule has 6 nitrogen and oxygen atoms in total. The van der Waals surface area contributed by atoms with Gasteiger partial charge < -0.3 is 24.7 Å². The van der Waals surface area contributed by atoms with Crippen LogP contribution >= 0.6 is 0 Å². The molecule has 1 saturated heterocycles. The second kappa shape index (κ2) is 8.51. The van der Waals surface area contributed by atoms with Gasteiger partial charge in [-0.3, -0.25) is 0 Å². The zero-order valence-corrected chi connectivity index (χ0v) is 16.1. The first kappa shape index (κ1) is 19.2. The molecule has 0 aliphatic carbocycles. The van der Waals surface area contributed by atoms with Crippen molar-refractivity contribution in [2.75, 3.05) is 20.3 Å². The molecule has 3 aromatic rings. The van der Waals surface area contributed by atoms with Crippen molar-refractivity contribution in [2.24, 2.45) is 5.73 Å². The summed E-state index contributed by atoms with van der Waals surface area (Å²) in [6.07, 6.45) is -1.51. The number of methoxy groups -OCH3 is 1. The summed E-state index contributed by atoms with van der Waals surface area (Å²) >= 11 is 0. The molecule has 29 heavy (non-hydrogen) atoms. The van der Waals surface area contributed by atoms with Crippen LogP contribution in [0.5, 0.6) is 5.75 Å². The van der Waals surface area contributed by atoms with Crippen molar-refractivity contribution in [3.63, 3.8) is 0 Å². The molecule has 1 aliphatic heterocycles. The normalized spacial score (nSPS) is 18.8. The summed E-state index contributed by atoms with van der Waals surface area (Å²) in [6, 6.07) is 21.4. The standard InChI is InChI=1S/C23H23NO5/c1-26-19-10-9-16-11-18(8-7-17(16)12-19)20(13-24)29-23(25)27-14-21-22(28-21)15-5-3-2-4-6-15/h2-12,20-22H,13-14,24H2,1H3/t20-,21+,22-/m0/s1. The summed E-state index contributed by atoms with van der Waals surface area (Å²) in [4.78, 5) is 12.1. The van der Waals surface area contributed by atoms with Crippen molar-refractivity contribution in [1.29, 1.82) is 0 Å². The van der Waals surface area contributed by atoms with Crippen molar-refractivity contribution < 1.29 is 23.7 Å². The Balaban J connectivity index is 1.34. The van der Waals surface area contributed by atoms with Crippen molar-refractivity contribution in [3.05, 3.63) is 77.9 Å². The Kier molecular flexibility index (Phi) is 5.64. The predicted octanol–water partition coefficient (Wildman–Crippen LogP) is 4.14. The fourth-order valence-corrected chi connectivity index (χ4v) is 3.33. The molecule has 0 spiro atoms. The van der Waals surface area contributed by atoms with Gasteiger partial charge in [0.05, 0.1) is 7.11 Å². The molecular weight excluding hydrogens is 370 g/mol. The molecule has 6 heteroatoms. The molecule has 1 heterocycles. The molecule has 1 fully saturated rings. The van der Waals surface area contributed by atoms with Gasteiger partial charge in [-0.2, -0.15) is 0 Å². The topological polar surface area (TPSA) is 83.3 Å². The SMILES string of the molecule is COc1ccc2cc([C@H](CN)OC(=O)OC[C@H]3O[C@H]3c3ccccc3)ccc2c1. The minimum Gasteiger partial charge on any atom is -0.497 e. The molecule has 0 amide bonds. The van der Waals surface area contributed by atoms with Crippen LogP contribution in [0.15, 0.2) is 66.7 Å². The van der Waals surface area contributed by atoms with Crippen LogP contribution < -0.4 is 10.5 Å². The van der Waals surface area contributed by atoms with Crippen molar-refractivity contribution in [3.8, 4) is 5.75 Å². The number of hydrogen-bond donors (Lipinski definition) is 1. The first-order valence-corrected chi connectivity index (χ1v) is 9.49. The smallest absolute Gasteiger partial charge is 0.497 e. The number of benzene rings is 3. The van der Waals surface area contributed by atoms with E-state index >= 15 is 0 Å². The van der Waals surface area contributed by atoms with E-state index in [1.165, 1.54) is 0 Å². The van der Waals surface area contributed by atoms with E-state index in [1.54, 1.807) is 7.11 Å². The second-order valence-corrected chi connectivity index (χ2v) is 6.88. The Hall–Kier alpha value is -3.09. The Morgan fingerprint density at radius 2 is 1.83 bits per heavy atom. The maximum absolute atomic E-state index is 12.1. The highest BCUT2D eigenvalue weighted by Crippen LogP contribution is 2.38. The van der Waals surface area contributed by atoms with Crippen molar-refractivity contribution >= 4 is 16.9 Å². The Bertz CT molecular complexity index is 991. The van der Waals surface area contributed by atoms with Crippen LogP contribution in [0, 0.1) is 0 Å². The number of ether oxygens (including phenoxy) is 4. The summed E-state index contributed by atoms with van der Waals surface area (Å²) in [5, 5.41) is 2.04. The minimum absolute atomic E-state index is 0.0354. The van der Waals surface area contributed by atoms with E-state index in [0.717, 1.165) is 27.6 Å². The summed E-state index contributed by atoms with van der Waals surface area (Å²) in [5.41, 5.74) is 7.72. The number of fused-ring (bicyclic) bond motifs is 1. The molecule has 3 aromatic carbocycles. The van der Waals surface area contributed by atoms with Crippen LogP contribution in [0.2, 0.25) is 0 Å². The maximum Gasteiger partial charge on any atom is 0.509 e. The van der Waals surface area contributed by atoms with Crippen LogP contribution in [-0.2, 0) is 14.2 Å². The molecule has 0 radical (unpaired) electrons. The third-order valence-corrected chi connectivity index (χ3v) is 4.97. The largest absolute Gasteiger partial charge is 0.509 e. The fraction of sp³-hybridized carbons (Fsp3) is 0.261. The average Bonchev–Trinajstić information content (AvgIpc) is 3.55. The van der Waals surface area contributed by atoms with Crippen LogP contribution in [0.25, 0.3) is 10.8 Å². The van der Waals surface area contributed by atoms with Gasteiger partial charge in [0.1, 0.15) is 30.7 Å². The van der Waals surface area contributed by atoms with Gasteiger partial charge in [-0.1, -0.05) is 48.5 Å². The first-order valence-electron chi connectivity index (χ1n) is 9.49. The lowest BCUT2D eigenvalue weighted by atomic mass is 10.0. The fourth-order valence-electron chi connectivity index (χ4n) is 3.33. The van der Waals surface area contributed by atoms with E-state index in [-0.39, 0.29) is 25.4 Å². The maximum atomic E-state index is 12.1. The minimum atomic E-state index is -0.752. The van der Waals surface area contributed by atoms with Gasteiger partial charge in [0.25, 0.3) is 0 Å². The molecule has 4 rings (SSSR count). The molecule has 0 unspecified atom stereocenters. The Morgan fingerprint density at radius 3 is 2.59 bits per heavy atom. The number of nitrogens with two attached hydrogens (primary N) is 1. The summed E-state index contributed by atoms with van der Waals surface area (Å²) in [6.45, 7) is 0.302. The average molecular weight is 393 g/mol. The quantitative estimate of drug-likeness (QED) is 0.480. The van der Waals surface area contributed by atoms with Gasteiger partial charge in [-0.15, -0.1) is 0 Å². The molecule has 150 valence electrons. The molecule has 0 bridgehead atoms. The number of hydrogen-bond acceptors (Lipinski definition) is 6. The second-order valence-electron chi connectivity index (χ2n) is 6.88. The van der Waals surface area contributed by atoms with E-state index in [9.17, 15) is 4.79 Å². The van der Waals surface area contributed by atoms with E-state index < -0.39 is 12.3 Å². The summed E-state index contributed by atoms with van der Waals surface area (Å²) < 4.78 is 21.5. The van der Waals surface area contributed by atoms with Crippen LogP contribution in [-0.4, -0.2) is 32.5 Å². The number of rotatable bonds is 7. The van der Waals surface area contributed by atoms with Gasteiger partial charge in [0, 0.05) is 6.54 Å². The van der Waals surface area contributed by atoms with Crippen LogP contribution in [0.3, 0.4) is 0 Å². The van der Waals surface area contributed by atoms with E-state index in [1.807, 2.05) is 66.7 Å². The van der Waals surface area contributed by atoms with Gasteiger partial charge in [0.15, 0.2) is 0 Å². The lowest BCUT2D eigenvalue weighted by Gasteiger charge is -2.17. The monoisotopic (exact) mass is 393 g/mol. The third-order valence-electron chi connectivity index (χ3n) is 4.97. The van der Waals surface area contributed by atoms with E-state index in [2.05, 4.69) is 0 Å².